The number of aromatic nitrogens is 1. The average Bonchev–Trinajstić information content (AvgIpc) is 2.88. The van der Waals surface area contributed by atoms with E-state index < -0.39 is 0 Å². The van der Waals surface area contributed by atoms with E-state index in [1.54, 1.807) is 32.6 Å². The van der Waals surface area contributed by atoms with Gasteiger partial charge in [0.15, 0.2) is 11.5 Å². The number of fused-ring (bicyclic) bond motifs is 1. The number of hydrogen-bond donors (Lipinski definition) is 1. The molecule has 0 aliphatic carbocycles. The molecule has 1 amide bonds. The summed E-state index contributed by atoms with van der Waals surface area (Å²) in [5.74, 6) is 0.911. The Morgan fingerprint density at radius 1 is 0.971 bits per heavy atom. The first-order valence-electron chi connectivity index (χ1n) is 11.2. The van der Waals surface area contributed by atoms with Crippen molar-refractivity contribution in [1.29, 1.82) is 0 Å². The fourth-order valence-electron chi connectivity index (χ4n) is 3.80. The second-order valence-electron chi connectivity index (χ2n) is 7.83. The molecule has 0 fully saturated rings. The van der Waals surface area contributed by atoms with Gasteiger partial charge in [-0.2, -0.15) is 5.10 Å². The van der Waals surface area contributed by atoms with Crippen molar-refractivity contribution in [1.82, 2.24) is 10.4 Å². The Balaban J connectivity index is 1.61. The monoisotopic (exact) mass is 453 g/mol. The Hall–Kier alpha value is -4.19. The van der Waals surface area contributed by atoms with E-state index in [1.807, 2.05) is 36.4 Å². The zero-order chi connectivity index (χ0) is 23.9. The van der Waals surface area contributed by atoms with Crippen molar-refractivity contribution in [3.8, 4) is 22.8 Å². The molecule has 4 aromatic rings. The smallest absolute Gasteiger partial charge is 0.272 e. The van der Waals surface area contributed by atoms with Gasteiger partial charge in [0.2, 0.25) is 0 Å². The van der Waals surface area contributed by atoms with Crippen molar-refractivity contribution in [2.75, 3.05) is 14.2 Å². The molecular formula is C28H27N3O3. The van der Waals surface area contributed by atoms with E-state index in [9.17, 15) is 4.79 Å². The van der Waals surface area contributed by atoms with E-state index in [-0.39, 0.29) is 5.91 Å². The first-order chi connectivity index (χ1) is 16.6. The zero-order valence-electron chi connectivity index (χ0n) is 19.5. The first kappa shape index (κ1) is 23.0. The quantitative estimate of drug-likeness (QED) is 0.277. The van der Waals surface area contributed by atoms with Crippen LogP contribution < -0.4 is 14.9 Å². The lowest BCUT2D eigenvalue weighted by molar-refractivity contribution is 0.0956. The number of carbonyl (C=O) groups excluding carboxylic acids is 1. The van der Waals surface area contributed by atoms with Crippen molar-refractivity contribution in [3.05, 3.63) is 89.5 Å². The Labute approximate surface area is 199 Å². The normalized spacial score (nSPS) is 11.0. The molecule has 0 unspecified atom stereocenters. The van der Waals surface area contributed by atoms with Gasteiger partial charge in [-0.25, -0.2) is 10.4 Å². The molecule has 6 heteroatoms. The molecule has 0 saturated heterocycles. The van der Waals surface area contributed by atoms with Gasteiger partial charge in [-0.05, 0) is 47.9 Å². The third kappa shape index (κ3) is 5.07. The molecule has 0 bridgehead atoms. The number of nitrogens with one attached hydrogen (secondary N) is 1. The van der Waals surface area contributed by atoms with Crippen molar-refractivity contribution in [3.63, 3.8) is 0 Å². The summed E-state index contributed by atoms with van der Waals surface area (Å²) < 4.78 is 10.6. The molecular weight excluding hydrogens is 426 g/mol. The van der Waals surface area contributed by atoms with Gasteiger partial charge in [-0.1, -0.05) is 55.8 Å². The fraction of sp³-hybridized carbons (Fsp3) is 0.179. The zero-order valence-corrected chi connectivity index (χ0v) is 19.5. The number of amides is 1. The van der Waals surface area contributed by atoms with Gasteiger partial charge in [-0.15, -0.1) is 0 Å². The Kier molecular flexibility index (Phi) is 7.18. The lowest BCUT2D eigenvalue weighted by Crippen LogP contribution is -2.18. The third-order valence-electron chi connectivity index (χ3n) is 5.54. The summed E-state index contributed by atoms with van der Waals surface area (Å²) >= 11 is 0. The molecule has 1 N–H and O–H groups in total. The third-order valence-corrected chi connectivity index (χ3v) is 5.54. The Morgan fingerprint density at radius 2 is 1.74 bits per heavy atom. The van der Waals surface area contributed by atoms with Crippen LogP contribution in [0.3, 0.4) is 0 Å². The minimum absolute atomic E-state index is 0.306. The molecule has 0 spiro atoms. The van der Waals surface area contributed by atoms with Crippen LogP contribution in [0.15, 0.2) is 77.9 Å². The van der Waals surface area contributed by atoms with Gasteiger partial charge >= 0.3 is 0 Å². The van der Waals surface area contributed by atoms with E-state index in [1.165, 1.54) is 5.56 Å². The topological polar surface area (TPSA) is 72.8 Å². The second kappa shape index (κ2) is 10.6. The summed E-state index contributed by atoms with van der Waals surface area (Å²) in [5.41, 5.74) is 7.68. The largest absolute Gasteiger partial charge is 0.493 e. The number of benzene rings is 3. The number of hydrogen-bond acceptors (Lipinski definition) is 5. The van der Waals surface area contributed by atoms with Crippen LogP contribution in [0.2, 0.25) is 0 Å². The van der Waals surface area contributed by atoms with Crippen LogP contribution in [0.4, 0.5) is 0 Å². The second-order valence-corrected chi connectivity index (χ2v) is 7.83. The minimum Gasteiger partial charge on any atom is -0.493 e. The van der Waals surface area contributed by atoms with Gasteiger partial charge in [0, 0.05) is 10.9 Å². The summed E-state index contributed by atoms with van der Waals surface area (Å²) in [7, 11) is 3.16. The number of ether oxygens (including phenoxy) is 2. The molecule has 0 atom stereocenters. The molecule has 3 aromatic carbocycles. The summed E-state index contributed by atoms with van der Waals surface area (Å²) in [5, 5.41) is 4.92. The number of para-hydroxylation sites is 1. The number of hydrazone groups is 1. The van der Waals surface area contributed by atoms with Crippen LogP contribution in [0.25, 0.3) is 22.2 Å². The average molecular weight is 454 g/mol. The number of rotatable bonds is 8. The molecule has 0 saturated carbocycles. The molecule has 0 aliphatic heterocycles. The van der Waals surface area contributed by atoms with Crippen molar-refractivity contribution >= 4 is 23.0 Å². The van der Waals surface area contributed by atoms with Gasteiger partial charge in [0.1, 0.15) is 0 Å². The molecule has 0 radical (unpaired) electrons. The maximum absolute atomic E-state index is 13.1. The SMILES string of the molecule is CCCc1ccc(-c2cc(C(=O)N/N=C\c3ccc(OC)c(OC)c3)c3ccccc3n2)cc1. The van der Waals surface area contributed by atoms with Gasteiger partial charge in [0.25, 0.3) is 5.91 Å². The maximum Gasteiger partial charge on any atom is 0.272 e. The van der Waals surface area contributed by atoms with Crippen LogP contribution in [0.1, 0.15) is 34.8 Å². The highest BCUT2D eigenvalue weighted by molar-refractivity contribution is 6.07. The summed E-state index contributed by atoms with van der Waals surface area (Å²) in [6.45, 7) is 2.16. The van der Waals surface area contributed by atoms with Gasteiger partial charge in [0.05, 0.1) is 37.2 Å². The predicted molar refractivity (Wildman–Crippen MR) is 136 cm³/mol. The first-order valence-corrected chi connectivity index (χ1v) is 11.2. The van der Waals surface area contributed by atoms with E-state index in [2.05, 4.69) is 41.7 Å². The van der Waals surface area contributed by atoms with E-state index in [0.717, 1.165) is 40.6 Å². The van der Waals surface area contributed by atoms with Crippen LogP contribution in [0.5, 0.6) is 11.5 Å². The van der Waals surface area contributed by atoms with Crippen molar-refractivity contribution in [2.45, 2.75) is 19.8 Å². The maximum atomic E-state index is 13.1. The molecule has 1 heterocycles. The van der Waals surface area contributed by atoms with E-state index in [0.29, 0.717) is 17.1 Å². The molecule has 0 aliphatic rings. The molecule has 34 heavy (non-hydrogen) atoms. The molecule has 6 nitrogen and oxygen atoms in total. The number of aryl methyl sites for hydroxylation is 1. The van der Waals surface area contributed by atoms with Gasteiger partial charge in [-0.3, -0.25) is 4.79 Å². The lowest BCUT2D eigenvalue weighted by atomic mass is 10.0. The van der Waals surface area contributed by atoms with Crippen molar-refractivity contribution in [2.24, 2.45) is 5.10 Å². The molecule has 172 valence electrons. The number of nitrogens with zero attached hydrogens (tertiary/aromatic N) is 2. The van der Waals surface area contributed by atoms with Crippen LogP contribution in [-0.2, 0) is 6.42 Å². The highest BCUT2D eigenvalue weighted by Gasteiger charge is 2.14. The lowest BCUT2D eigenvalue weighted by Gasteiger charge is -2.10. The summed E-state index contributed by atoms with van der Waals surface area (Å²) in [4.78, 5) is 17.9. The minimum atomic E-state index is -0.306. The molecule has 4 rings (SSSR count). The van der Waals surface area contributed by atoms with Crippen LogP contribution in [-0.4, -0.2) is 31.3 Å². The van der Waals surface area contributed by atoms with Crippen LogP contribution >= 0.6 is 0 Å². The highest BCUT2D eigenvalue weighted by Crippen LogP contribution is 2.27. The summed E-state index contributed by atoms with van der Waals surface area (Å²) in [6, 6.07) is 23.2. The van der Waals surface area contributed by atoms with E-state index in [4.69, 9.17) is 14.5 Å². The van der Waals surface area contributed by atoms with Crippen LogP contribution in [0, 0.1) is 0 Å². The Bertz CT molecular complexity index is 1330. The summed E-state index contributed by atoms with van der Waals surface area (Å²) in [6.07, 6.45) is 3.70. The predicted octanol–water partition coefficient (Wildman–Crippen LogP) is 5.64. The standard InChI is InChI=1S/C28H27N3O3/c1-4-7-19-10-13-21(14-11-19)25-17-23(22-8-5-6-9-24(22)30-25)28(32)31-29-18-20-12-15-26(33-2)27(16-20)34-3/h5-6,8-18H,4,7H2,1-3H3,(H,31,32)/b29-18-. The highest BCUT2D eigenvalue weighted by atomic mass is 16.5. The van der Waals surface area contributed by atoms with E-state index >= 15 is 0 Å². The van der Waals surface area contributed by atoms with Crippen molar-refractivity contribution < 1.29 is 14.3 Å². The fourth-order valence-corrected chi connectivity index (χ4v) is 3.80. The number of pyridine rings is 1. The Morgan fingerprint density at radius 3 is 2.47 bits per heavy atom. The van der Waals surface area contributed by atoms with Gasteiger partial charge < -0.3 is 9.47 Å². The molecule has 1 aromatic heterocycles. The number of methoxy groups -OCH3 is 2. The number of carbonyl (C=O) groups is 1.